The molecule has 0 saturated carbocycles. The van der Waals surface area contributed by atoms with E-state index < -0.39 is 0 Å². The van der Waals surface area contributed by atoms with Crippen LogP contribution in [0.15, 0.2) is 18.3 Å². The van der Waals surface area contributed by atoms with E-state index in [9.17, 15) is 4.79 Å². The number of nitrogens with zero attached hydrogens (tertiary/aromatic N) is 1. The number of hydrogen-bond acceptors (Lipinski definition) is 5. The maximum absolute atomic E-state index is 11.1. The first kappa shape index (κ1) is 12.8. The summed E-state index contributed by atoms with van der Waals surface area (Å²) < 4.78 is 4.83. The molecule has 0 aromatic carbocycles. The van der Waals surface area contributed by atoms with E-state index >= 15 is 0 Å². The van der Waals surface area contributed by atoms with Crippen molar-refractivity contribution in [3.8, 4) is 0 Å². The number of hydrogen-bond donors (Lipinski definition) is 1. The van der Waals surface area contributed by atoms with Gasteiger partial charge in [-0.2, -0.15) is 0 Å². The minimum atomic E-state index is -0.160. The van der Waals surface area contributed by atoms with Crippen molar-refractivity contribution in [2.75, 3.05) is 24.7 Å². The molecule has 0 amide bonds. The summed E-state index contributed by atoms with van der Waals surface area (Å²) in [4.78, 5) is 15.3. The van der Waals surface area contributed by atoms with Gasteiger partial charge in [-0.25, -0.2) is 4.98 Å². The van der Waals surface area contributed by atoms with Gasteiger partial charge in [-0.05, 0) is 18.6 Å². The Bertz CT molecular complexity index is 327. The van der Waals surface area contributed by atoms with Gasteiger partial charge in [0.25, 0.3) is 0 Å². The first-order valence-electron chi connectivity index (χ1n) is 5.12. The molecular formula is C11H16N2O2S. The Morgan fingerprint density at radius 2 is 2.38 bits per heavy atom. The van der Waals surface area contributed by atoms with Gasteiger partial charge in [-0.3, -0.25) is 4.79 Å². The Balaban J connectivity index is 2.29. The second kappa shape index (κ2) is 7.11. The average molecular weight is 240 g/mol. The van der Waals surface area contributed by atoms with Crippen LogP contribution in [0.5, 0.6) is 0 Å². The normalized spacial score (nSPS) is 9.88. The smallest absolute Gasteiger partial charge is 0.315 e. The fraction of sp³-hybridized carbons (Fsp3) is 0.455. The maximum atomic E-state index is 11.1. The summed E-state index contributed by atoms with van der Waals surface area (Å²) in [5, 5.41) is 2.95. The molecule has 1 N–H and O–H groups in total. The van der Waals surface area contributed by atoms with Gasteiger partial charge in [0.1, 0.15) is 5.82 Å². The second-order valence-corrected chi connectivity index (χ2v) is 4.09. The molecule has 1 aromatic rings. The lowest BCUT2D eigenvalue weighted by Gasteiger charge is -2.03. The molecule has 88 valence electrons. The molecule has 0 fully saturated rings. The number of esters is 1. The SMILES string of the molecule is CCOC(=O)CSCc1ccc(NC)nc1. The fourth-order valence-electron chi connectivity index (χ4n) is 1.11. The van der Waals surface area contributed by atoms with Crippen LogP contribution in [0.4, 0.5) is 5.82 Å². The number of ether oxygens (including phenoxy) is 1. The fourth-order valence-corrected chi connectivity index (χ4v) is 1.87. The molecule has 0 radical (unpaired) electrons. The van der Waals surface area contributed by atoms with E-state index in [1.165, 1.54) is 11.8 Å². The highest BCUT2D eigenvalue weighted by molar-refractivity contribution is 7.99. The topological polar surface area (TPSA) is 51.2 Å². The Morgan fingerprint density at radius 3 is 2.94 bits per heavy atom. The molecule has 0 atom stereocenters. The maximum Gasteiger partial charge on any atom is 0.315 e. The second-order valence-electron chi connectivity index (χ2n) is 3.10. The van der Waals surface area contributed by atoms with Crippen LogP contribution in [-0.2, 0) is 15.3 Å². The molecule has 5 heteroatoms. The third-order valence-electron chi connectivity index (χ3n) is 1.87. The Hall–Kier alpha value is -1.23. The molecule has 0 saturated heterocycles. The molecular weight excluding hydrogens is 224 g/mol. The summed E-state index contributed by atoms with van der Waals surface area (Å²) in [6.45, 7) is 2.25. The Morgan fingerprint density at radius 1 is 1.56 bits per heavy atom. The van der Waals surface area contributed by atoms with Crippen molar-refractivity contribution in [3.05, 3.63) is 23.9 Å². The number of anilines is 1. The van der Waals surface area contributed by atoms with Crippen LogP contribution in [0.3, 0.4) is 0 Å². The molecule has 0 aliphatic heterocycles. The first-order chi connectivity index (χ1) is 7.76. The summed E-state index contributed by atoms with van der Waals surface area (Å²) in [7, 11) is 1.83. The average Bonchev–Trinajstić information content (AvgIpc) is 2.30. The molecule has 0 spiro atoms. The molecule has 0 aliphatic rings. The summed E-state index contributed by atoms with van der Waals surface area (Å²) in [5.41, 5.74) is 1.10. The van der Waals surface area contributed by atoms with Crippen molar-refractivity contribution < 1.29 is 9.53 Å². The molecule has 1 rings (SSSR count). The van der Waals surface area contributed by atoms with Crippen LogP contribution in [0.1, 0.15) is 12.5 Å². The van der Waals surface area contributed by atoms with E-state index in [0.717, 1.165) is 17.1 Å². The van der Waals surface area contributed by atoms with Crippen LogP contribution in [0.25, 0.3) is 0 Å². The third kappa shape index (κ3) is 4.53. The predicted molar refractivity (Wildman–Crippen MR) is 66.6 cm³/mol. The quantitative estimate of drug-likeness (QED) is 0.770. The van der Waals surface area contributed by atoms with Gasteiger partial charge in [0.15, 0.2) is 0 Å². The van der Waals surface area contributed by atoms with E-state index in [1.54, 1.807) is 0 Å². The van der Waals surface area contributed by atoms with Crippen molar-refractivity contribution in [1.82, 2.24) is 4.98 Å². The molecule has 1 heterocycles. The van der Waals surface area contributed by atoms with Crippen LogP contribution in [0.2, 0.25) is 0 Å². The number of rotatable bonds is 6. The number of carbonyl (C=O) groups is 1. The summed E-state index contributed by atoms with van der Waals surface area (Å²) in [6.07, 6.45) is 1.81. The number of nitrogens with one attached hydrogen (secondary N) is 1. The monoisotopic (exact) mass is 240 g/mol. The van der Waals surface area contributed by atoms with Crippen molar-refractivity contribution in [1.29, 1.82) is 0 Å². The zero-order valence-electron chi connectivity index (χ0n) is 9.53. The highest BCUT2D eigenvalue weighted by Gasteiger charge is 2.02. The lowest BCUT2D eigenvalue weighted by atomic mass is 10.3. The van der Waals surface area contributed by atoms with Crippen molar-refractivity contribution in [2.24, 2.45) is 0 Å². The lowest BCUT2D eigenvalue weighted by molar-refractivity contribution is -0.139. The predicted octanol–water partition coefficient (Wildman–Crippen LogP) is 1.92. The highest BCUT2D eigenvalue weighted by atomic mass is 32.2. The van der Waals surface area contributed by atoms with Crippen LogP contribution in [0, 0.1) is 0 Å². The standard InChI is InChI=1S/C11H16N2O2S/c1-3-15-11(14)8-16-7-9-4-5-10(12-2)13-6-9/h4-6H,3,7-8H2,1-2H3,(H,12,13). The van der Waals surface area contributed by atoms with Crippen molar-refractivity contribution >= 4 is 23.5 Å². The molecule has 0 bridgehead atoms. The van der Waals surface area contributed by atoms with E-state index in [-0.39, 0.29) is 5.97 Å². The van der Waals surface area contributed by atoms with Crippen LogP contribution >= 0.6 is 11.8 Å². The zero-order valence-corrected chi connectivity index (χ0v) is 10.3. The van der Waals surface area contributed by atoms with E-state index in [1.807, 2.05) is 32.3 Å². The lowest BCUT2D eigenvalue weighted by Crippen LogP contribution is -2.06. The van der Waals surface area contributed by atoms with E-state index in [2.05, 4.69) is 10.3 Å². The largest absolute Gasteiger partial charge is 0.465 e. The molecule has 0 unspecified atom stereocenters. The zero-order chi connectivity index (χ0) is 11.8. The minimum Gasteiger partial charge on any atom is -0.465 e. The van der Waals surface area contributed by atoms with E-state index in [4.69, 9.17) is 4.74 Å². The summed E-state index contributed by atoms with van der Waals surface area (Å²) in [6, 6.07) is 3.91. The van der Waals surface area contributed by atoms with Gasteiger partial charge >= 0.3 is 5.97 Å². The summed E-state index contributed by atoms with van der Waals surface area (Å²) >= 11 is 1.53. The van der Waals surface area contributed by atoms with E-state index in [0.29, 0.717) is 12.4 Å². The van der Waals surface area contributed by atoms with Crippen LogP contribution < -0.4 is 5.32 Å². The van der Waals surface area contributed by atoms with Crippen LogP contribution in [-0.4, -0.2) is 30.4 Å². The van der Waals surface area contributed by atoms with Gasteiger partial charge in [0.2, 0.25) is 0 Å². The van der Waals surface area contributed by atoms with Gasteiger partial charge < -0.3 is 10.1 Å². The molecule has 0 aliphatic carbocycles. The number of pyridine rings is 1. The van der Waals surface area contributed by atoms with Gasteiger partial charge in [-0.15, -0.1) is 11.8 Å². The number of thioether (sulfide) groups is 1. The minimum absolute atomic E-state index is 0.160. The van der Waals surface area contributed by atoms with Gasteiger partial charge in [0, 0.05) is 19.0 Å². The highest BCUT2D eigenvalue weighted by Crippen LogP contribution is 2.13. The molecule has 4 nitrogen and oxygen atoms in total. The summed E-state index contributed by atoms with van der Waals surface area (Å²) in [5.74, 6) is 1.85. The van der Waals surface area contributed by atoms with Gasteiger partial charge in [-0.1, -0.05) is 6.07 Å². The van der Waals surface area contributed by atoms with Gasteiger partial charge in [0.05, 0.1) is 12.4 Å². The Kier molecular flexibility index (Phi) is 5.71. The van der Waals surface area contributed by atoms with Crippen molar-refractivity contribution in [2.45, 2.75) is 12.7 Å². The number of aromatic nitrogens is 1. The van der Waals surface area contributed by atoms with Crippen molar-refractivity contribution in [3.63, 3.8) is 0 Å². The molecule has 16 heavy (non-hydrogen) atoms. The third-order valence-corrected chi connectivity index (χ3v) is 2.85. The Labute approximate surface area is 99.8 Å². The first-order valence-corrected chi connectivity index (χ1v) is 6.27. The molecule has 1 aromatic heterocycles. The number of carbonyl (C=O) groups excluding carboxylic acids is 1.